The van der Waals surface area contributed by atoms with Crippen molar-refractivity contribution in [3.63, 3.8) is 0 Å². The molecule has 0 saturated carbocycles. The zero-order valence-electron chi connectivity index (χ0n) is 7.94. The summed E-state index contributed by atoms with van der Waals surface area (Å²) in [5, 5.41) is 11.3. The summed E-state index contributed by atoms with van der Waals surface area (Å²) in [6.07, 6.45) is 2.54. The molecule has 3 nitrogen and oxygen atoms in total. The molecule has 1 heterocycles. The molecule has 0 aliphatic carbocycles. The second kappa shape index (κ2) is 5.08. The number of benzene rings is 1. The Bertz CT molecular complexity index is 270. The zero-order valence-corrected chi connectivity index (χ0v) is 8.76. The number of hydrazine groups is 1. The largest absolute Gasteiger partial charge is 0.508 e. The molecule has 0 amide bonds. The summed E-state index contributed by atoms with van der Waals surface area (Å²) in [4.78, 5) is 0. The molecular formula is C10H15ClN2O. The monoisotopic (exact) mass is 214 g/mol. The van der Waals surface area contributed by atoms with Crippen LogP contribution in [0.3, 0.4) is 0 Å². The molecule has 1 aliphatic heterocycles. The van der Waals surface area contributed by atoms with Gasteiger partial charge in [-0.2, -0.15) is 0 Å². The summed E-state index contributed by atoms with van der Waals surface area (Å²) < 4.78 is 0. The van der Waals surface area contributed by atoms with Gasteiger partial charge in [-0.3, -0.25) is 0 Å². The standard InChI is InChI=1S/C10H14N2O.ClH/c13-10-5-3-9(4-6-10)11-12-7-1-2-8-12;/h3-6,11,13H,1-2,7-8H2;1H. The quantitative estimate of drug-likeness (QED) is 0.742. The average molecular weight is 215 g/mol. The van der Waals surface area contributed by atoms with Crippen molar-refractivity contribution in [2.75, 3.05) is 18.5 Å². The summed E-state index contributed by atoms with van der Waals surface area (Å²) in [7, 11) is 0. The minimum absolute atomic E-state index is 0. The van der Waals surface area contributed by atoms with Crippen molar-refractivity contribution in [1.82, 2.24) is 5.01 Å². The van der Waals surface area contributed by atoms with E-state index in [1.165, 1.54) is 12.8 Å². The lowest BCUT2D eigenvalue weighted by Crippen LogP contribution is -2.25. The molecule has 78 valence electrons. The fourth-order valence-electron chi connectivity index (χ4n) is 1.55. The van der Waals surface area contributed by atoms with Gasteiger partial charge in [-0.1, -0.05) is 0 Å². The summed E-state index contributed by atoms with van der Waals surface area (Å²) in [5.74, 6) is 0.312. The van der Waals surface area contributed by atoms with Crippen LogP contribution in [0.4, 0.5) is 5.69 Å². The minimum Gasteiger partial charge on any atom is -0.508 e. The van der Waals surface area contributed by atoms with Gasteiger partial charge in [0.2, 0.25) is 0 Å². The first kappa shape index (κ1) is 11.1. The fraction of sp³-hybridized carbons (Fsp3) is 0.400. The lowest BCUT2D eigenvalue weighted by molar-refractivity contribution is 0.410. The van der Waals surface area contributed by atoms with Crippen LogP contribution < -0.4 is 5.43 Å². The van der Waals surface area contributed by atoms with Gasteiger partial charge in [-0.15, -0.1) is 12.4 Å². The molecule has 0 spiro atoms. The molecule has 0 radical (unpaired) electrons. The molecule has 1 aliphatic rings. The van der Waals surface area contributed by atoms with E-state index in [9.17, 15) is 0 Å². The van der Waals surface area contributed by atoms with Crippen molar-refractivity contribution < 1.29 is 5.11 Å². The van der Waals surface area contributed by atoms with E-state index >= 15 is 0 Å². The number of nitrogens with one attached hydrogen (secondary N) is 1. The number of phenols is 1. The Kier molecular flexibility index (Phi) is 4.04. The SMILES string of the molecule is Cl.Oc1ccc(NN2CCCC2)cc1. The topological polar surface area (TPSA) is 35.5 Å². The third-order valence-electron chi connectivity index (χ3n) is 2.26. The van der Waals surface area contributed by atoms with Crippen molar-refractivity contribution in [3.05, 3.63) is 24.3 Å². The molecule has 0 bridgehead atoms. The highest BCUT2D eigenvalue weighted by Crippen LogP contribution is 2.16. The van der Waals surface area contributed by atoms with Crippen LogP contribution in [0.1, 0.15) is 12.8 Å². The first-order valence-corrected chi connectivity index (χ1v) is 4.65. The van der Waals surface area contributed by atoms with E-state index < -0.39 is 0 Å². The third-order valence-corrected chi connectivity index (χ3v) is 2.26. The number of phenolic OH excluding ortho intramolecular Hbond substituents is 1. The van der Waals surface area contributed by atoms with Gasteiger partial charge in [0.05, 0.1) is 0 Å². The maximum Gasteiger partial charge on any atom is 0.115 e. The van der Waals surface area contributed by atoms with Gasteiger partial charge < -0.3 is 10.5 Å². The number of nitrogens with zero attached hydrogens (tertiary/aromatic N) is 1. The van der Waals surface area contributed by atoms with Crippen LogP contribution in [0.5, 0.6) is 5.75 Å². The van der Waals surface area contributed by atoms with Gasteiger partial charge in [-0.25, -0.2) is 5.01 Å². The molecule has 1 saturated heterocycles. The lowest BCUT2D eigenvalue weighted by Gasteiger charge is -2.17. The molecule has 4 heteroatoms. The van der Waals surface area contributed by atoms with Gasteiger partial charge in [0.25, 0.3) is 0 Å². The number of halogens is 1. The van der Waals surface area contributed by atoms with Crippen LogP contribution >= 0.6 is 12.4 Å². The summed E-state index contributed by atoms with van der Waals surface area (Å²) >= 11 is 0. The average Bonchev–Trinajstić information content (AvgIpc) is 2.62. The van der Waals surface area contributed by atoms with Crippen molar-refractivity contribution in [1.29, 1.82) is 0 Å². The van der Waals surface area contributed by atoms with E-state index in [4.69, 9.17) is 5.11 Å². The summed E-state index contributed by atoms with van der Waals surface area (Å²) in [5.41, 5.74) is 4.33. The highest BCUT2D eigenvalue weighted by Gasteiger charge is 2.10. The highest BCUT2D eigenvalue weighted by molar-refractivity contribution is 5.85. The van der Waals surface area contributed by atoms with Crippen LogP contribution in [-0.2, 0) is 0 Å². The first-order chi connectivity index (χ1) is 6.34. The van der Waals surface area contributed by atoms with Gasteiger partial charge in [0, 0.05) is 18.8 Å². The van der Waals surface area contributed by atoms with Gasteiger partial charge in [0.1, 0.15) is 5.75 Å². The molecule has 2 N–H and O–H groups in total. The van der Waals surface area contributed by atoms with E-state index in [-0.39, 0.29) is 12.4 Å². The molecule has 2 rings (SSSR count). The molecule has 1 aromatic carbocycles. The van der Waals surface area contributed by atoms with Crippen molar-refractivity contribution in [2.45, 2.75) is 12.8 Å². The van der Waals surface area contributed by atoms with Crippen LogP contribution in [-0.4, -0.2) is 23.2 Å². The van der Waals surface area contributed by atoms with Gasteiger partial charge in [-0.05, 0) is 37.1 Å². The molecule has 1 fully saturated rings. The Hall–Kier alpha value is -0.930. The molecular weight excluding hydrogens is 200 g/mol. The van der Waals surface area contributed by atoms with E-state index in [2.05, 4.69) is 10.4 Å². The Balaban J connectivity index is 0.000000980. The molecule has 14 heavy (non-hydrogen) atoms. The van der Waals surface area contributed by atoms with E-state index in [1.807, 2.05) is 12.1 Å². The Morgan fingerprint density at radius 1 is 1.07 bits per heavy atom. The van der Waals surface area contributed by atoms with Gasteiger partial charge in [0.15, 0.2) is 0 Å². The summed E-state index contributed by atoms with van der Waals surface area (Å²) in [6.45, 7) is 2.22. The third kappa shape index (κ3) is 2.79. The summed E-state index contributed by atoms with van der Waals surface area (Å²) in [6, 6.07) is 7.15. The van der Waals surface area contributed by atoms with Crippen LogP contribution in [0.15, 0.2) is 24.3 Å². The number of hydrogen-bond donors (Lipinski definition) is 2. The molecule has 0 aromatic heterocycles. The maximum atomic E-state index is 9.08. The maximum absolute atomic E-state index is 9.08. The number of anilines is 1. The second-order valence-electron chi connectivity index (χ2n) is 3.35. The van der Waals surface area contributed by atoms with E-state index in [1.54, 1.807) is 12.1 Å². The van der Waals surface area contributed by atoms with Gasteiger partial charge >= 0.3 is 0 Å². The minimum atomic E-state index is 0. The van der Waals surface area contributed by atoms with Crippen LogP contribution in [0.2, 0.25) is 0 Å². The molecule has 0 atom stereocenters. The van der Waals surface area contributed by atoms with Crippen LogP contribution in [0, 0.1) is 0 Å². The molecule has 1 aromatic rings. The normalized spacial score (nSPS) is 16.3. The Morgan fingerprint density at radius 3 is 2.21 bits per heavy atom. The van der Waals surface area contributed by atoms with Crippen molar-refractivity contribution in [2.24, 2.45) is 0 Å². The van der Waals surface area contributed by atoms with E-state index in [0.29, 0.717) is 5.75 Å². The van der Waals surface area contributed by atoms with Crippen molar-refractivity contribution in [3.8, 4) is 5.75 Å². The predicted molar refractivity (Wildman–Crippen MR) is 59.8 cm³/mol. The lowest BCUT2D eigenvalue weighted by atomic mass is 10.3. The molecule has 0 unspecified atom stereocenters. The smallest absolute Gasteiger partial charge is 0.115 e. The Morgan fingerprint density at radius 2 is 1.64 bits per heavy atom. The second-order valence-corrected chi connectivity index (χ2v) is 3.35. The van der Waals surface area contributed by atoms with Crippen molar-refractivity contribution >= 4 is 18.1 Å². The number of aromatic hydroxyl groups is 1. The fourth-order valence-corrected chi connectivity index (χ4v) is 1.55. The number of hydrogen-bond acceptors (Lipinski definition) is 3. The zero-order chi connectivity index (χ0) is 9.10. The first-order valence-electron chi connectivity index (χ1n) is 4.65. The number of rotatable bonds is 2. The Labute approximate surface area is 90.1 Å². The predicted octanol–water partition coefficient (Wildman–Crippen LogP) is 2.24. The van der Waals surface area contributed by atoms with E-state index in [0.717, 1.165) is 18.8 Å². The van der Waals surface area contributed by atoms with Crippen LogP contribution in [0.25, 0.3) is 0 Å². The highest BCUT2D eigenvalue weighted by atomic mass is 35.5.